The van der Waals surface area contributed by atoms with Crippen LogP contribution in [0.4, 0.5) is 8.78 Å². The molecule has 1 heterocycles. The van der Waals surface area contributed by atoms with E-state index in [4.69, 9.17) is 0 Å². The summed E-state index contributed by atoms with van der Waals surface area (Å²) in [7, 11) is 0. The van der Waals surface area contributed by atoms with E-state index in [1.807, 2.05) is 0 Å². The maximum Gasteiger partial charge on any atom is 0.179 e. The van der Waals surface area contributed by atoms with Crippen molar-refractivity contribution in [1.82, 2.24) is 4.90 Å². The van der Waals surface area contributed by atoms with Crippen molar-refractivity contribution in [3.05, 3.63) is 35.4 Å². The Balaban J connectivity index is 1.72. The van der Waals surface area contributed by atoms with Crippen molar-refractivity contribution >= 4 is 5.78 Å². The summed E-state index contributed by atoms with van der Waals surface area (Å²) in [6, 6.07) is 3.66. The van der Waals surface area contributed by atoms with E-state index in [9.17, 15) is 13.6 Å². The molecule has 1 saturated heterocycles. The Morgan fingerprint density at radius 2 is 2.00 bits per heavy atom. The van der Waals surface area contributed by atoms with Gasteiger partial charge in [0, 0.05) is 12.1 Å². The molecule has 4 heteroatoms. The number of hydrogen-bond donors (Lipinski definition) is 0. The summed E-state index contributed by atoms with van der Waals surface area (Å²) >= 11 is 0. The van der Waals surface area contributed by atoms with E-state index >= 15 is 0 Å². The van der Waals surface area contributed by atoms with Crippen LogP contribution in [-0.2, 0) is 0 Å². The lowest BCUT2D eigenvalue weighted by molar-refractivity contribution is 0.0773. The molecule has 3 rings (SSSR count). The van der Waals surface area contributed by atoms with E-state index in [-0.39, 0.29) is 17.9 Å². The molecule has 1 aliphatic carbocycles. The number of benzene rings is 1. The van der Waals surface area contributed by atoms with Gasteiger partial charge in [-0.25, -0.2) is 8.78 Å². The zero-order valence-electron chi connectivity index (χ0n) is 11.4. The lowest BCUT2D eigenvalue weighted by Crippen LogP contribution is -2.45. The average molecular weight is 279 g/mol. The molecule has 2 atom stereocenters. The summed E-state index contributed by atoms with van der Waals surface area (Å²) in [5.74, 6) is -0.937. The number of piperidine rings is 1. The van der Waals surface area contributed by atoms with Gasteiger partial charge in [-0.1, -0.05) is 6.42 Å². The van der Waals surface area contributed by atoms with E-state index in [0.717, 1.165) is 31.5 Å². The summed E-state index contributed by atoms with van der Waals surface area (Å²) in [6.07, 6.45) is 5.98. The van der Waals surface area contributed by atoms with Crippen molar-refractivity contribution in [3.63, 3.8) is 0 Å². The second-order valence-corrected chi connectivity index (χ2v) is 5.92. The lowest BCUT2D eigenvalue weighted by Gasteiger charge is -2.37. The molecule has 20 heavy (non-hydrogen) atoms. The number of fused-ring (bicyclic) bond motifs is 1. The zero-order valence-corrected chi connectivity index (χ0v) is 11.4. The van der Waals surface area contributed by atoms with Gasteiger partial charge in [0.25, 0.3) is 0 Å². The first-order valence-electron chi connectivity index (χ1n) is 7.37. The van der Waals surface area contributed by atoms with Gasteiger partial charge in [0.05, 0.1) is 12.1 Å². The Kier molecular flexibility index (Phi) is 3.83. The molecule has 2 fully saturated rings. The minimum Gasteiger partial charge on any atom is -0.293 e. The smallest absolute Gasteiger partial charge is 0.179 e. The number of carbonyl (C=O) groups is 1. The van der Waals surface area contributed by atoms with Crippen molar-refractivity contribution in [2.75, 3.05) is 13.1 Å². The SMILES string of the molecule is O=C(CN1CCCC2CCCC21)c1ccc(F)cc1F. The monoisotopic (exact) mass is 279 g/mol. The fourth-order valence-electron chi connectivity index (χ4n) is 3.74. The Hall–Kier alpha value is -1.29. The number of likely N-dealkylation sites (tertiary alicyclic amines) is 1. The summed E-state index contributed by atoms with van der Waals surface area (Å²) < 4.78 is 26.5. The minimum atomic E-state index is -0.755. The van der Waals surface area contributed by atoms with Gasteiger partial charge in [-0.2, -0.15) is 0 Å². The molecule has 0 bridgehead atoms. The number of nitrogens with zero attached hydrogens (tertiary/aromatic N) is 1. The van der Waals surface area contributed by atoms with E-state index in [0.29, 0.717) is 12.0 Å². The highest BCUT2D eigenvalue weighted by Crippen LogP contribution is 2.36. The van der Waals surface area contributed by atoms with E-state index in [1.54, 1.807) is 0 Å². The molecule has 1 saturated carbocycles. The normalized spacial score (nSPS) is 26.5. The van der Waals surface area contributed by atoms with Gasteiger partial charge < -0.3 is 0 Å². The quantitative estimate of drug-likeness (QED) is 0.790. The van der Waals surface area contributed by atoms with Crippen molar-refractivity contribution in [2.24, 2.45) is 5.92 Å². The van der Waals surface area contributed by atoms with Gasteiger partial charge >= 0.3 is 0 Å². The van der Waals surface area contributed by atoms with E-state index in [1.165, 1.54) is 25.3 Å². The van der Waals surface area contributed by atoms with Crippen LogP contribution < -0.4 is 0 Å². The second kappa shape index (κ2) is 5.60. The predicted molar refractivity (Wildman–Crippen MR) is 72.6 cm³/mol. The van der Waals surface area contributed by atoms with Gasteiger partial charge in [-0.05, 0) is 50.3 Å². The highest BCUT2D eigenvalue weighted by atomic mass is 19.1. The fraction of sp³-hybridized carbons (Fsp3) is 0.562. The van der Waals surface area contributed by atoms with Gasteiger partial charge in [0.1, 0.15) is 11.6 Å². The molecule has 2 unspecified atom stereocenters. The van der Waals surface area contributed by atoms with Crippen molar-refractivity contribution in [3.8, 4) is 0 Å². The molecule has 0 spiro atoms. The van der Waals surface area contributed by atoms with Crippen LogP contribution in [0.2, 0.25) is 0 Å². The number of halogens is 2. The fourth-order valence-corrected chi connectivity index (χ4v) is 3.74. The molecular weight excluding hydrogens is 260 g/mol. The van der Waals surface area contributed by atoms with Gasteiger partial charge in [-0.15, -0.1) is 0 Å². The Morgan fingerprint density at radius 3 is 2.80 bits per heavy atom. The van der Waals surface area contributed by atoms with Crippen LogP contribution in [0.5, 0.6) is 0 Å². The molecule has 1 aromatic rings. The minimum absolute atomic E-state index is 0.00604. The van der Waals surface area contributed by atoms with Crippen molar-refractivity contribution in [1.29, 1.82) is 0 Å². The highest BCUT2D eigenvalue weighted by molar-refractivity contribution is 5.97. The first kappa shape index (κ1) is 13.7. The van der Waals surface area contributed by atoms with E-state index in [2.05, 4.69) is 4.90 Å². The standard InChI is InChI=1S/C16H19F2NO/c17-12-6-7-13(14(18)9-12)16(20)10-19-8-2-4-11-3-1-5-15(11)19/h6-7,9,11,15H,1-5,8,10H2. The van der Waals surface area contributed by atoms with Crippen LogP contribution >= 0.6 is 0 Å². The molecule has 1 aliphatic heterocycles. The van der Waals surface area contributed by atoms with Crippen molar-refractivity contribution < 1.29 is 13.6 Å². The highest BCUT2D eigenvalue weighted by Gasteiger charge is 2.35. The molecule has 108 valence electrons. The maximum atomic E-state index is 13.6. The second-order valence-electron chi connectivity index (χ2n) is 5.92. The number of rotatable bonds is 3. The molecular formula is C16H19F2NO. The average Bonchev–Trinajstić information content (AvgIpc) is 2.87. The van der Waals surface area contributed by atoms with Crippen LogP contribution in [0.15, 0.2) is 18.2 Å². The van der Waals surface area contributed by atoms with E-state index < -0.39 is 11.6 Å². The molecule has 2 nitrogen and oxygen atoms in total. The first-order valence-corrected chi connectivity index (χ1v) is 7.37. The first-order chi connectivity index (χ1) is 9.65. The third-order valence-corrected chi connectivity index (χ3v) is 4.69. The Labute approximate surface area is 117 Å². The topological polar surface area (TPSA) is 20.3 Å². The van der Waals surface area contributed by atoms with Crippen LogP contribution in [-0.4, -0.2) is 29.8 Å². The third kappa shape index (κ3) is 2.62. The van der Waals surface area contributed by atoms with Crippen LogP contribution in [0.1, 0.15) is 42.5 Å². The zero-order chi connectivity index (χ0) is 14.1. The van der Waals surface area contributed by atoms with Crippen LogP contribution in [0.25, 0.3) is 0 Å². The molecule has 0 N–H and O–H groups in total. The summed E-state index contributed by atoms with van der Waals surface area (Å²) in [6.45, 7) is 1.17. The van der Waals surface area contributed by atoms with Crippen LogP contribution in [0, 0.1) is 17.6 Å². The number of Topliss-reactive ketones (excluding diaryl/α,β-unsaturated/α-hetero) is 1. The summed E-state index contributed by atoms with van der Waals surface area (Å²) in [4.78, 5) is 14.4. The largest absolute Gasteiger partial charge is 0.293 e. The summed E-state index contributed by atoms with van der Waals surface area (Å²) in [5, 5.41) is 0. The van der Waals surface area contributed by atoms with Crippen LogP contribution in [0.3, 0.4) is 0 Å². The van der Waals surface area contributed by atoms with Crippen molar-refractivity contribution in [2.45, 2.75) is 38.1 Å². The Bertz CT molecular complexity index is 517. The maximum absolute atomic E-state index is 13.6. The third-order valence-electron chi connectivity index (χ3n) is 4.69. The lowest BCUT2D eigenvalue weighted by atomic mass is 9.91. The number of carbonyl (C=O) groups excluding carboxylic acids is 1. The number of ketones is 1. The Morgan fingerprint density at radius 1 is 1.20 bits per heavy atom. The number of hydrogen-bond acceptors (Lipinski definition) is 2. The van der Waals surface area contributed by atoms with Gasteiger partial charge in [-0.3, -0.25) is 9.69 Å². The molecule has 1 aromatic carbocycles. The molecule has 0 radical (unpaired) electrons. The van der Waals surface area contributed by atoms with Gasteiger partial charge in [0.2, 0.25) is 0 Å². The molecule has 0 aromatic heterocycles. The predicted octanol–water partition coefficient (Wildman–Crippen LogP) is 3.41. The summed E-state index contributed by atoms with van der Waals surface area (Å²) in [5.41, 5.74) is 0.00604. The molecule has 2 aliphatic rings. The molecule has 0 amide bonds. The van der Waals surface area contributed by atoms with Gasteiger partial charge in [0.15, 0.2) is 5.78 Å².